The van der Waals surface area contributed by atoms with E-state index in [0.717, 1.165) is 5.39 Å². The van der Waals surface area contributed by atoms with Crippen molar-refractivity contribution in [3.8, 4) is 11.8 Å². The molecular formula is C19H13ClN2O3. The monoisotopic (exact) mass is 352 g/mol. The van der Waals surface area contributed by atoms with E-state index in [9.17, 15) is 4.79 Å². The maximum absolute atomic E-state index is 12.1. The highest BCUT2D eigenvalue weighted by molar-refractivity contribution is 6.29. The summed E-state index contributed by atoms with van der Waals surface area (Å²) >= 11 is 5.84. The molecule has 3 rings (SSSR count). The maximum Gasteiger partial charge on any atom is 0.338 e. The minimum atomic E-state index is -0.430. The highest BCUT2D eigenvalue weighted by Gasteiger charge is 2.08. The summed E-state index contributed by atoms with van der Waals surface area (Å²) < 4.78 is 10.7. The van der Waals surface area contributed by atoms with Gasteiger partial charge in [0.2, 0.25) is 0 Å². The number of aromatic nitrogens is 1. The third kappa shape index (κ3) is 4.25. The Bertz CT molecular complexity index is 949. The summed E-state index contributed by atoms with van der Waals surface area (Å²) in [5.74, 6) is 0.184. The lowest BCUT2D eigenvalue weighted by Crippen LogP contribution is -2.12. The SMILES string of the molecule is N#Cc1ccc(OCCOC(=O)c2ccc3nc(Cl)ccc3c2)cc1. The van der Waals surface area contributed by atoms with E-state index < -0.39 is 5.97 Å². The molecule has 0 aliphatic heterocycles. The number of hydrogen-bond acceptors (Lipinski definition) is 5. The smallest absolute Gasteiger partial charge is 0.338 e. The van der Waals surface area contributed by atoms with Crippen LogP contribution in [-0.4, -0.2) is 24.2 Å². The predicted molar refractivity (Wildman–Crippen MR) is 93.7 cm³/mol. The Hall–Kier alpha value is -3.10. The Labute approximate surface area is 149 Å². The number of esters is 1. The summed E-state index contributed by atoms with van der Waals surface area (Å²) in [5, 5.41) is 9.95. The fourth-order valence-electron chi connectivity index (χ4n) is 2.23. The van der Waals surface area contributed by atoms with Crippen molar-refractivity contribution in [1.29, 1.82) is 5.26 Å². The molecule has 0 amide bonds. The van der Waals surface area contributed by atoms with Crippen molar-refractivity contribution in [2.45, 2.75) is 0 Å². The molecule has 6 heteroatoms. The molecule has 0 aliphatic rings. The van der Waals surface area contributed by atoms with E-state index in [0.29, 0.717) is 27.5 Å². The van der Waals surface area contributed by atoms with E-state index in [-0.39, 0.29) is 13.2 Å². The molecule has 1 heterocycles. The normalized spacial score (nSPS) is 10.2. The zero-order valence-corrected chi connectivity index (χ0v) is 13.9. The molecule has 0 radical (unpaired) electrons. The van der Waals surface area contributed by atoms with Gasteiger partial charge in [-0.2, -0.15) is 5.26 Å². The van der Waals surface area contributed by atoms with E-state index in [2.05, 4.69) is 4.98 Å². The number of nitrogens with zero attached hydrogens (tertiary/aromatic N) is 2. The summed E-state index contributed by atoms with van der Waals surface area (Å²) in [4.78, 5) is 16.3. The van der Waals surface area contributed by atoms with Gasteiger partial charge in [-0.15, -0.1) is 0 Å². The van der Waals surface area contributed by atoms with Crippen molar-refractivity contribution in [3.63, 3.8) is 0 Å². The van der Waals surface area contributed by atoms with Crippen LogP contribution in [0.25, 0.3) is 10.9 Å². The van der Waals surface area contributed by atoms with E-state index in [4.69, 9.17) is 26.3 Å². The highest BCUT2D eigenvalue weighted by Crippen LogP contribution is 2.17. The van der Waals surface area contributed by atoms with Crippen LogP contribution in [0.1, 0.15) is 15.9 Å². The predicted octanol–water partition coefficient (Wildman–Crippen LogP) is 4.00. The van der Waals surface area contributed by atoms with E-state index >= 15 is 0 Å². The molecule has 0 spiro atoms. The van der Waals surface area contributed by atoms with Crippen molar-refractivity contribution in [1.82, 2.24) is 4.98 Å². The Morgan fingerprint density at radius 3 is 2.64 bits per heavy atom. The highest BCUT2D eigenvalue weighted by atomic mass is 35.5. The first-order valence-electron chi connectivity index (χ1n) is 7.52. The van der Waals surface area contributed by atoms with Crippen LogP contribution in [0.15, 0.2) is 54.6 Å². The van der Waals surface area contributed by atoms with Crippen molar-refractivity contribution in [3.05, 3.63) is 70.9 Å². The van der Waals surface area contributed by atoms with Gasteiger partial charge in [0.05, 0.1) is 22.7 Å². The number of benzene rings is 2. The van der Waals surface area contributed by atoms with Gasteiger partial charge in [-0.1, -0.05) is 11.6 Å². The molecule has 3 aromatic rings. The van der Waals surface area contributed by atoms with Crippen LogP contribution in [0.5, 0.6) is 5.75 Å². The van der Waals surface area contributed by atoms with E-state index in [1.807, 2.05) is 6.07 Å². The van der Waals surface area contributed by atoms with Crippen LogP contribution in [-0.2, 0) is 4.74 Å². The van der Waals surface area contributed by atoms with E-state index in [1.54, 1.807) is 54.6 Å². The molecule has 0 aliphatic carbocycles. The van der Waals surface area contributed by atoms with Gasteiger partial charge in [-0.25, -0.2) is 9.78 Å². The lowest BCUT2D eigenvalue weighted by molar-refractivity contribution is 0.0450. The van der Waals surface area contributed by atoms with Crippen LogP contribution in [0.3, 0.4) is 0 Å². The van der Waals surface area contributed by atoms with Crippen molar-refractivity contribution in [2.75, 3.05) is 13.2 Å². The molecule has 124 valence electrons. The zero-order valence-electron chi connectivity index (χ0n) is 13.1. The first-order chi connectivity index (χ1) is 12.2. The van der Waals surface area contributed by atoms with Gasteiger partial charge < -0.3 is 9.47 Å². The van der Waals surface area contributed by atoms with Crippen molar-refractivity contribution < 1.29 is 14.3 Å². The van der Waals surface area contributed by atoms with Gasteiger partial charge in [0.1, 0.15) is 24.1 Å². The number of nitriles is 1. The zero-order chi connectivity index (χ0) is 17.6. The minimum absolute atomic E-state index is 0.121. The molecule has 0 bridgehead atoms. The lowest BCUT2D eigenvalue weighted by Gasteiger charge is -2.08. The van der Waals surface area contributed by atoms with Crippen molar-refractivity contribution >= 4 is 28.5 Å². The summed E-state index contributed by atoms with van der Waals surface area (Å²) in [6, 6.07) is 17.3. The quantitative estimate of drug-likeness (QED) is 0.394. The maximum atomic E-state index is 12.1. The molecule has 1 aromatic heterocycles. The van der Waals surface area contributed by atoms with Gasteiger partial charge in [0.15, 0.2) is 0 Å². The number of halogens is 1. The van der Waals surface area contributed by atoms with Gasteiger partial charge >= 0.3 is 5.97 Å². The standard InChI is InChI=1S/C19H13ClN2O3/c20-18-8-4-14-11-15(3-7-17(14)22-18)19(23)25-10-9-24-16-5-1-13(12-21)2-6-16/h1-8,11H,9-10H2. The Morgan fingerprint density at radius 1 is 1.08 bits per heavy atom. The molecule has 25 heavy (non-hydrogen) atoms. The second kappa shape index (κ2) is 7.65. The number of ether oxygens (including phenoxy) is 2. The number of carbonyl (C=O) groups excluding carboxylic acids is 1. The van der Waals surface area contributed by atoms with Gasteiger partial charge in [-0.3, -0.25) is 0 Å². The summed E-state index contributed by atoms with van der Waals surface area (Å²) in [6.07, 6.45) is 0. The summed E-state index contributed by atoms with van der Waals surface area (Å²) in [7, 11) is 0. The Kier molecular flexibility index (Phi) is 5.12. The number of hydrogen-bond donors (Lipinski definition) is 0. The molecule has 0 unspecified atom stereocenters. The summed E-state index contributed by atoms with van der Waals surface area (Å²) in [5.41, 5.74) is 1.72. The van der Waals surface area contributed by atoms with Gasteiger partial charge in [-0.05, 0) is 54.6 Å². The van der Waals surface area contributed by atoms with Gasteiger partial charge in [0, 0.05) is 5.39 Å². The van der Waals surface area contributed by atoms with Crippen LogP contribution in [0.4, 0.5) is 0 Å². The van der Waals surface area contributed by atoms with Crippen LogP contribution >= 0.6 is 11.6 Å². The Balaban J connectivity index is 1.53. The molecule has 5 nitrogen and oxygen atoms in total. The molecule has 0 saturated heterocycles. The van der Waals surface area contributed by atoms with E-state index in [1.165, 1.54) is 0 Å². The molecule has 0 fully saturated rings. The molecule has 0 saturated carbocycles. The van der Waals surface area contributed by atoms with Crippen LogP contribution in [0, 0.1) is 11.3 Å². The topological polar surface area (TPSA) is 72.2 Å². The van der Waals surface area contributed by atoms with Crippen LogP contribution < -0.4 is 4.74 Å². The minimum Gasteiger partial charge on any atom is -0.490 e. The first-order valence-corrected chi connectivity index (χ1v) is 7.90. The molecule has 0 N–H and O–H groups in total. The fraction of sp³-hybridized carbons (Fsp3) is 0.105. The average Bonchev–Trinajstić information content (AvgIpc) is 2.65. The second-order valence-corrected chi connectivity index (χ2v) is 5.55. The largest absolute Gasteiger partial charge is 0.490 e. The fourth-order valence-corrected chi connectivity index (χ4v) is 2.38. The first kappa shape index (κ1) is 16.7. The third-order valence-corrected chi connectivity index (χ3v) is 3.67. The third-order valence-electron chi connectivity index (χ3n) is 3.46. The number of pyridine rings is 1. The average molecular weight is 353 g/mol. The van der Waals surface area contributed by atoms with Crippen LogP contribution in [0.2, 0.25) is 5.15 Å². The molecular weight excluding hydrogens is 340 g/mol. The molecule has 2 aromatic carbocycles. The van der Waals surface area contributed by atoms with Gasteiger partial charge in [0.25, 0.3) is 0 Å². The van der Waals surface area contributed by atoms with Crippen molar-refractivity contribution in [2.24, 2.45) is 0 Å². The number of rotatable bonds is 5. The molecule has 0 atom stereocenters. The summed E-state index contributed by atoms with van der Waals surface area (Å²) in [6.45, 7) is 0.345. The second-order valence-electron chi connectivity index (χ2n) is 5.16. The lowest BCUT2D eigenvalue weighted by atomic mass is 10.1. The number of carbonyl (C=O) groups is 1. The number of fused-ring (bicyclic) bond motifs is 1. The Morgan fingerprint density at radius 2 is 1.88 bits per heavy atom.